The second kappa shape index (κ2) is 7.52. The summed E-state index contributed by atoms with van der Waals surface area (Å²) in [6, 6.07) is 23.3. The van der Waals surface area contributed by atoms with Crippen molar-refractivity contribution in [2.45, 2.75) is 13.5 Å². The molecule has 0 aliphatic carbocycles. The quantitative estimate of drug-likeness (QED) is 0.480. The molecule has 0 saturated heterocycles. The van der Waals surface area contributed by atoms with Crippen LogP contribution in [0.2, 0.25) is 0 Å². The van der Waals surface area contributed by atoms with Gasteiger partial charge in [0.25, 0.3) is 5.91 Å². The predicted octanol–water partition coefficient (Wildman–Crippen LogP) is 5.12. The van der Waals surface area contributed by atoms with Crippen molar-refractivity contribution in [3.8, 4) is 11.5 Å². The van der Waals surface area contributed by atoms with Crippen LogP contribution >= 0.6 is 0 Å². The molecule has 4 aromatic rings. The molecule has 30 heavy (non-hydrogen) atoms. The minimum atomic E-state index is -0.112. The van der Waals surface area contributed by atoms with Gasteiger partial charge in [0.1, 0.15) is 0 Å². The Hall–Kier alpha value is -3.86. The Labute approximate surface area is 174 Å². The maximum absolute atomic E-state index is 13.7. The van der Waals surface area contributed by atoms with E-state index in [0.717, 1.165) is 27.7 Å². The van der Waals surface area contributed by atoms with E-state index >= 15 is 0 Å². The Morgan fingerprint density at radius 1 is 1.00 bits per heavy atom. The number of hydrogen-bond donors (Lipinski definition) is 0. The van der Waals surface area contributed by atoms with Gasteiger partial charge in [0, 0.05) is 22.8 Å². The van der Waals surface area contributed by atoms with Crippen LogP contribution in [0.1, 0.15) is 21.5 Å². The van der Waals surface area contributed by atoms with E-state index < -0.39 is 0 Å². The average molecular weight is 396 g/mol. The number of amides is 1. The average Bonchev–Trinajstić information content (AvgIpc) is 3.27. The number of rotatable bonds is 4. The van der Waals surface area contributed by atoms with Crippen molar-refractivity contribution >= 4 is 22.5 Å². The smallest absolute Gasteiger partial charge is 0.260 e. The van der Waals surface area contributed by atoms with Crippen LogP contribution in [0.5, 0.6) is 11.5 Å². The van der Waals surface area contributed by atoms with Crippen molar-refractivity contribution in [1.29, 1.82) is 0 Å². The van der Waals surface area contributed by atoms with E-state index in [1.54, 1.807) is 11.1 Å². The summed E-state index contributed by atoms with van der Waals surface area (Å²) in [6.07, 6.45) is 1.64. The summed E-state index contributed by atoms with van der Waals surface area (Å²) in [5.41, 5.74) is 4.18. The first-order chi connectivity index (χ1) is 14.7. The van der Waals surface area contributed by atoms with E-state index in [0.29, 0.717) is 23.6 Å². The second-order valence-corrected chi connectivity index (χ2v) is 7.25. The summed E-state index contributed by atoms with van der Waals surface area (Å²) in [5.74, 6) is 1.29. The molecule has 0 saturated carbocycles. The molecule has 0 fully saturated rings. The predicted molar refractivity (Wildman–Crippen MR) is 116 cm³/mol. The number of carbonyl (C=O) groups is 1. The van der Waals surface area contributed by atoms with Crippen LogP contribution in [-0.2, 0) is 6.54 Å². The van der Waals surface area contributed by atoms with Crippen molar-refractivity contribution in [3.63, 3.8) is 0 Å². The summed E-state index contributed by atoms with van der Waals surface area (Å²) < 4.78 is 11.2. The van der Waals surface area contributed by atoms with Gasteiger partial charge in [-0.1, -0.05) is 48.5 Å². The minimum absolute atomic E-state index is 0.112. The number of aryl methyl sites for hydroxylation is 1. The van der Waals surface area contributed by atoms with Crippen LogP contribution in [0.15, 0.2) is 79.0 Å². The lowest BCUT2D eigenvalue weighted by molar-refractivity contribution is 0.0984. The van der Waals surface area contributed by atoms with Crippen LogP contribution in [-0.4, -0.2) is 17.7 Å². The fourth-order valence-corrected chi connectivity index (χ4v) is 3.76. The molecule has 5 nitrogen and oxygen atoms in total. The Kier molecular flexibility index (Phi) is 4.56. The van der Waals surface area contributed by atoms with E-state index in [1.165, 1.54) is 0 Å². The van der Waals surface area contributed by atoms with E-state index in [-0.39, 0.29) is 12.7 Å². The highest BCUT2D eigenvalue weighted by Gasteiger charge is 2.24. The van der Waals surface area contributed by atoms with E-state index in [2.05, 4.69) is 4.98 Å². The van der Waals surface area contributed by atoms with Gasteiger partial charge in [-0.05, 0) is 36.8 Å². The normalized spacial score (nSPS) is 12.2. The second-order valence-electron chi connectivity index (χ2n) is 7.25. The number of ether oxygens (including phenoxy) is 2. The van der Waals surface area contributed by atoms with Crippen LogP contribution in [0.25, 0.3) is 10.9 Å². The number of fused-ring (bicyclic) bond motifs is 2. The fraction of sp³-hybridized carbons (Fsp3) is 0.120. The van der Waals surface area contributed by atoms with Gasteiger partial charge < -0.3 is 14.4 Å². The van der Waals surface area contributed by atoms with Gasteiger partial charge in [-0.3, -0.25) is 9.78 Å². The van der Waals surface area contributed by atoms with Gasteiger partial charge >= 0.3 is 0 Å². The SMILES string of the molecule is Cc1ccccc1N(Cc1cccc2c1OCO2)C(=O)c1cnc2ccccc2c1. The zero-order chi connectivity index (χ0) is 20.5. The number of carbonyl (C=O) groups excluding carboxylic acids is 1. The minimum Gasteiger partial charge on any atom is -0.454 e. The number of benzene rings is 3. The molecule has 0 unspecified atom stereocenters. The molecule has 5 heteroatoms. The van der Waals surface area contributed by atoms with Crippen LogP contribution in [0.3, 0.4) is 0 Å². The molecule has 148 valence electrons. The highest BCUT2D eigenvalue weighted by Crippen LogP contribution is 2.37. The summed E-state index contributed by atoms with van der Waals surface area (Å²) in [5, 5.41) is 0.936. The molecule has 0 spiro atoms. The fourth-order valence-electron chi connectivity index (χ4n) is 3.76. The summed E-state index contributed by atoms with van der Waals surface area (Å²) >= 11 is 0. The third-order valence-corrected chi connectivity index (χ3v) is 5.30. The first-order valence-electron chi connectivity index (χ1n) is 9.80. The molecular weight excluding hydrogens is 376 g/mol. The Balaban J connectivity index is 1.58. The van der Waals surface area contributed by atoms with Gasteiger partial charge in [0.05, 0.1) is 17.6 Å². The zero-order valence-electron chi connectivity index (χ0n) is 16.5. The highest BCUT2D eigenvalue weighted by atomic mass is 16.7. The van der Waals surface area contributed by atoms with Crippen molar-refractivity contribution < 1.29 is 14.3 Å². The van der Waals surface area contributed by atoms with Crippen LogP contribution < -0.4 is 14.4 Å². The van der Waals surface area contributed by atoms with Gasteiger partial charge in [0.2, 0.25) is 6.79 Å². The molecule has 2 heterocycles. The van der Waals surface area contributed by atoms with E-state index in [1.807, 2.05) is 79.7 Å². The monoisotopic (exact) mass is 396 g/mol. The number of pyridine rings is 1. The molecule has 0 atom stereocenters. The standard InChI is InChI=1S/C25H20N2O3/c1-17-7-2-5-11-22(17)27(15-19-9-6-12-23-24(19)30-16-29-23)25(28)20-13-18-8-3-4-10-21(18)26-14-20/h2-14H,15-16H2,1H3. The molecule has 0 N–H and O–H groups in total. The number of aromatic nitrogens is 1. The van der Waals surface area contributed by atoms with E-state index in [4.69, 9.17) is 9.47 Å². The lowest BCUT2D eigenvalue weighted by atomic mass is 10.1. The number of hydrogen-bond acceptors (Lipinski definition) is 4. The van der Waals surface area contributed by atoms with Crippen molar-refractivity contribution in [2.24, 2.45) is 0 Å². The number of para-hydroxylation sites is 3. The van der Waals surface area contributed by atoms with E-state index in [9.17, 15) is 4.79 Å². The Morgan fingerprint density at radius 2 is 1.83 bits per heavy atom. The lowest BCUT2D eigenvalue weighted by Gasteiger charge is -2.25. The molecule has 0 radical (unpaired) electrons. The largest absolute Gasteiger partial charge is 0.454 e. The van der Waals surface area contributed by atoms with Crippen molar-refractivity contribution in [1.82, 2.24) is 4.98 Å². The zero-order valence-corrected chi connectivity index (χ0v) is 16.5. The Morgan fingerprint density at radius 3 is 2.73 bits per heavy atom. The third-order valence-electron chi connectivity index (χ3n) is 5.30. The maximum Gasteiger partial charge on any atom is 0.260 e. The van der Waals surface area contributed by atoms with Gasteiger partial charge in [-0.25, -0.2) is 0 Å². The van der Waals surface area contributed by atoms with Gasteiger partial charge in [-0.2, -0.15) is 0 Å². The highest BCUT2D eigenvalue weighted by molar-refractivity contribution is 6.07. The molecule has 5 rings (SSSR count). The first-order valence-corrected chi connectivity index (χ1v) is 9.80. The molecule has 3 aromatic carbocycles. The number of nitrogens with zero attached hydrogens (tertiary/aromatic N) is 2. The van der Waals surface area contributed by atoms with Crippen molar-refractivity contribution in [2.75, 3.05) is 11.7 Å². The first kappa shape index (κ1) is 18.2. The Bertz CT molecular complexity index is 1250. The molecular formula is C25H20N2O3. The lowest BCUT2D eigenvalue weighted by Crippen LogP contribution is -2.31. The summed E-state index contributed by atoms with van der Waals surface area (Å²) in [4.78, 5) is 19.9. The molecule has 1 amide bonds. The van der Waals surface area contributed by atoms with Gasteiger partial charge in [0.15, 0.2) is 11.5 Å². The van der Waals surface area contributed by atoms with Gasteiger partial charge in [-0.15, -0.1) is 0 Å². The summed E-state index contributed by atoms with van der Waals surface area (Å²) in [6.45, 7) is 2.56. The molecule has 1 aliphatic rings. The summed E-state index contributed by atoms with van der Waals surface area (Å²) in [7, 11) is 0. The van der Waals surface area contributed by atoms with Crippen LogP contribution in [0.4, 0.5) is 5.69 Å². The third kappa shape index (κ3) is 3.24. The number of anilines is 1. The molecule has 0 bridgehead atoms. The van der Waals surface area contributed by atoms with Crippen molar-refractivity contribution in [3.05, 3.63) is 95.7 Å². The topological polar surface area (TPSA) is 51.7 Å². The van der Waals surface area contributed by atoms with Crippen LogP contribution in [0, 0.1) is 6.92 Å². The molecule has 1 aliphatic heterocycles. The maximum atomic E-state index is 13.7. The molecule has 1 aromatic heterocycles.